The second kappa shape index (κ2) is 5.07. The highest BCUT2D eigenvalue weighted by atomic mass is 16.5. The van der Waals surface area contributed by atoms with Crippen molar-refractivity contribution in [3.05, 3.63) is 71.3 Å². The molecule has 3 unspecified atom stereocenters. The highest BCUT2D eigenvalue weighted by Gasteiger charge is 2.58. The lowest BCUT2D eigenvalue weighted by Crippen LogP contribution is -2.20. The molecular weight excluding hydrogens is 280 g/mol. The van der Waals surface area contributed by atoms with Crippen molar-refractivity contribution in [2.45, 2.75) is 12.2 Å². The van der Waals surface area contributed by atoms with E-state index in [0.717, 1.165) is 11.1 Å². The van der Waals surface area contributed by atoms with E-state index >= 15 is 0 Å². The molecule has 22 heavy (non-hydrogen) atoms. The van der Waals surface area contributed by atoms with Gasteiger partial charge in [-0.3, -0.25) is 9.59 Å². The van der Waals surface area contributed by atoms with Crippen molar-refractivity contribution in [2.75, 3.05) is 6.61 Å². The number of esters is 1. The number of allylic oxidation sites excluding steroid dienone is 2. The smallest absolute Gasteiger partial charge is 0.316 e. The molecule has 0 bridgehead atoms. The zero-order valence-electron chi connectivity index (χ0n) is 11.8. The predicted molar refractivity (Wildman–Crippen MR) is 79.2 cm³/mol. The SMILES string of the molecule is O=C(COC(=O)C1C2=C3C=CC=CC3OC21)c1ccccc1. The van der Waals surface area contributed by atoms with E-state index in [2.05, 4.69) is 0 Å². The van der Waals surface area contributed by atoms with E-state index in [1.807, 2.05) is 30.4 Å². The molecule has 4 heteroatoms. The summed E-state index contributed by atoms with van der Waals surface area (Å²) >= 11 is 0. The maximum absolute atomic E-state index is 12.1. The molecule has 2 aliphatic carbocycles. The summed E-state index contributed by atoms with van der Waals surface area (Å²) in [5.41, 5.74) is 2.61. The maximum atomic E-state index is 12.1. The summed E-state index contributed by atoms with van der Waals surface area (Å²) in [6.45, 7) is -0.228. The minimum absolute atomic E-state index is 0.0278. The first-order chi connectivity index (χ1) is 10.8. The zero-order valence-corrected chi connectivity index (χ0v) is 11.8. The monoisotopic (exact) mass is 294 g/mol. The quantitative estimate of drug-likeness (QED) is 0.631. The molecule has 1 fully saturated rings. The van der Waals surface area contributed by atoms with Crippen molar-refractivity contribution in [1.29, 1.82) is 0 Å². The Balaban J connectivity index is 1.38. The van der Waals surface area contributed by atoms with Gasteiger partial charge in [0.15, 0.2) is 12.4 Å². The molecule has 0 saturated heterocycles. The van der Waals surface area contributed by atoms with Gasteiger partial charge in [-0.05, 0) is 11.1 Å². The summed E-state index contributed by atoms with van der Waals surface area (Å²) in [6, 6.07) is 8.81. The Morgan fingerprint density at radius 3 is 2.77 bits per heavy atom. The second-order valence-electron chi connectivity index (χ2n) is 5.51. The van der Waals surface area contributed by atoms with Crippen LogP contribution in [-0.4, -0.2) is 30.6 Å². The number of hydrogen-bond acceptors (Lipinski definition) is 4. The summed E-state index contributed by atoms with van der Waals surface area (Å²) in [5.74, 6) is -0.916. The average molecular weight is 294 g/mol. The van der Waals surface area contributed by atoms with Crippen LogP contribution in [0.3, 0.4) is 0 Å². The number of rotatable bonds is 4. The summed E-state index contributed by atoms with van der Waals surface area (Å²) in [7, 11) is 0. The fourth-order valence-corrected chi connectivity index (χ4v) is 2.98. The van der Waals surface area contributed by atoms with E-state index in [1.165, 1.54) is 0 Å². The summed E-state index contributed by atoms with van der Waals surface area (Å²) in [4.78, 5) is 24.0. The first kappa shape index (κ1) is 13.2. The van der Waals surface area contributed by atoms with Crippen LogP contribution in [0.1, 0.15) is 10.4 Å². The van der Waals surface area contributed by atoms with E-state index in [9.17, 15) is 9.59 Å². The third-order valence-corrected chi connectivity index (χ3v) is 4.14. The second-order valence-corrected chi connectivity index (χ2v) is 5.51. The van der Waals surface area contributed by atoms with E-state index < -0.39 is 0 Å². The van der Waals surface area contributed by atoms with E-state index in [0.29, 0.717) is 5.56 Å². The Labute approximate surface area is 127 Å². The lowest BCUT2D eigenvalue weighted by atomic mass is 10.0. The van der Waals surface area contributed by atoms with E-state index in [-0.39, 0.29) is 36.5 Å². The average Bonchev–Trinajstić information content (AvgIpc) is 3.15. The van der Waals surface area contributed by atoms with Gasteiger partial charge in [0.25, 0.3) is 0 Å². The molecule has 3 atom stereocenters. The molecule has 110 valence electrons. The van der Waals surface area contributed by atoms with Gasteiger partial charge in [0.2, 0.25) is 0 Å². The van der Waals surface area contributed by atoms with Gasteiger partial charge in [-0.1, -0.05) is 54.6 Å². The first-order valence-corrected chi connectivity index (χ1v) is 7.25. The number of benzene rings is 1. The van der Waals surface area contributed by atoms with Crippen LogP contribution < -0.4 is 0 Å². The molecular formula is C18H14O4. The number of fused-ring (bicyclic) bond motifs is 2. The Morgan fingerprint density at radius 2 is 1.95 bits per heavy atom. The van der Waals surface area contributed by atoms with Crippen molar-refractivity contribution < 1.29 is 19.1 Å². The molecule has 3 aliphatic rings. The van der Waals surface area contributed by atoms with Gasteiger partial charge in [-0.15, -0.1) is 0 Å². The topological polar surface area (TPSA) is 52.6 Å². The van der Waals surface area contributed by atoms with Crippen LogP contribution in [0.15, 0.2) is 65.8 Å². The van der Waals surface area contributed by atoms with Gasteiger partial charge in [-0.25, -0.2) is 0 Å². The molecule has 4 nitrogen and oxygen atoms in total. The van der Waals surface area contributed by atoms with Crippen LogP contribution in [-0.2, 0) is 14.3 Å². The van der Waals surface area contributed by atoms with E-state index in [4.69, 9.17) is 9.47 Å². The molecule has 0 spiro atoms. The summed E-state index contributed by atoms with van der Waals surface area (Å²) in [5, 5.41) is 0. The number of hydrogen-bond donors (Lipinski definition) is 0. The fraction of sp³-hybridized carbons (Fsp3) is 0.222. The lowest BCUT2D eigenvalue weighted by molar-refractivity contribution is -0.145. The van der Waals surface area contributed by atoms with Crippen molar-refractivity contribution in [3.63, 3.8) is 0 Å². The first-order valence-electron chi connectivity index (χ1n) is 7.25. The molecule has 0 radical (unpaired) electrons. The molecule has 1 aromatic carbocycles. The minimum Gasteiger partial charge on any atom is -0.457 e. The maximum Gasteiger partial charge on any atom is 0.316 e. The predicted octanol–water partition coefficient (Wildman–Crippen LogP) is 2.23. The number of Topliss-reactive ketones (excluding diaryl/α,β-unsaturated/α-hetero) is 1. The van der Waals surface area contributed by atoms with Gasteiger partial charge in [0.05, 0.1) is 6.10 Å². The van der Waals surface area contributed by atoms with Crippen LogP contribution in [0.5, 0.6) is 0 Å². The highest BCUT2D eigenvalue weighted by Crippen LogP contribution is 2.52. The normalized spacial score (nSPS) is 27.4. The molecule has 0 amide bonds. The molecule has 4 rings (SSSR count). The van der Waals surface area contributed by atoms with Crippen LogP contribution >= 0.6 is 0 Å². The van der Waals surface area contributed by atoms with Crippen molar-refractivity contribution in [1.82, 2.24) is 0 Å². The largest absolute Gasteiger partial charge is 0.457 e. The number of ketones is 1. The fourth-order valence-electron chi connectivity index (χ4n) is 2.98. The van der Waals surface area contributed by atoms with Gasteiger partial charge in [-0.2, -0.15) is 0 Å². The molecule has 1 aliphatic heterocycles. The van der Waals surface area contributed by atoms with Gasteiger partial charge in [0, 0.05) is 5.56 Å². The summed E-state index contributed by atoms with van der Waals surface area (Å²) in [6.07, 6.45) is 7.61. The summed E-state index contributed by atoms with van der Waals surface area (Å²) < 4.78 is 10.9. The Morgan fingerprint density at radius 1 is 1.14 bits per heavy atom. The van der Waals surface area contributed by atoms with Gasteiger partial charge in [0.1, 0.15) is 12.0 Å². The van der Waals surface area contributed by atoms with Crippen molar-refractivity contribution in [2.24, 2.45) is 5.92 Å². The third-order valence-electron chi connectivity index (χ3n) is 4.14. The van der Waals surface area contributed by atoms with Crippen LogP contribution in [0.2, 0.25) is 0 Å². The molecule has 0 N–H and O–H groups in total. The van der Waals surface area contributed by atoms with Crippen molar-refractivity contribution >= 4 is 11.8 Å². The Hall–Kier alpha value is -2.46. The highest BCUT2D eigenvalue weighted by molar-refractivity contribution is 5.98. The number of carbonyl (C=O) groups excluding carboxylic acids is 2. The van der Waals surface area contributed by atoms with Crippen LogP contribution in [0.25, 0.3) is 0 Å². The van der Waals surface area contributed by atoms with Crippen molar-refractivity contribution in [3.8, 4) is 0 Å². The lowest BCUT2D eigenvalue weighted by Gasteiger charge is -2.14. The third kappa shape index (κ3) is 2.12. The number of ether oxygens (including phenoxy) is 2. The molecule has 1 aromatic rings. The zero-order chi connectivity index (χ0) is 15.1. The van der Waals surface area contributed by atoms with E-state index in [1.54, 1.807) is 24.3 Å². The molecule has 1 saturated carbocycles. The standard InChI is InChI=1S/C18H14O4/c19-13(11-6-2-1-3-7-11)10-21-18(20)16-15-12-8-4-5-9-14(12)22-17(15)16/h1-9,14,16-17H,10H2. The number of carbonyl (C=O) groups is 2. The van der Waals surface area contributed by atoms with Crippen LogP contribution in [0.4, 0.5) is 0 Å². The Bertz CT molecular complexity index is 727. The van der Waals surface area contributed by atoms with Gasteiger partial charge < -0.3 is 9.47 Å². The molecule has 1 heterocycles. The van der Waals surface area contributed by atoms with Gasteiger partial charge >= 0.3 is 5.97 Å². The minimum atomic E-state index is -0.377. The van der Waals surface area contributed by atoms with Crippen LogP contribution in [0, 0.1) is 5.92 Å². The Kier molecular flexibility index (Phi) is 3.05. The molecule has 0 aromatic heterocycles.